The molecule has 21 heavy (non-hydrogen) atoms. The van der Waals surface area contributed by atoms with Gasteiger partial charge in [0.1, 0.15) is 5.75 Å². The zero-order valence-corrected chi connectivity index (χ0v) is 11.7. The molecule has 1 aliphatic rings. The summed E-state index contributed by atoms with van der Waals surface area (Å²) in [4.78, 5) is 24.7. The van der Waals surface area contributed by atoms with Crippen LogP contribution < -0.4 is 5.32 Å². The fourth-order valence-electron chi connectivity index (χ4n) is 1.98. The predicted octanol–water partition coefficient (Wildman–Crippen LogP) is 1.73. The number of aromatic hydroxyl groups is 1. The summed E-state index contributed by atoms with van der Waals surface area (Å²) >= 11 is 0. The second-order valence-electron chi connectivity index (χ2n) is 4.88. The Morgan fingerprint density at radius 3 is 2.67 bits per heavy atom. The van der Waals surface area contributed by atoms with Crippen molar-refractivity contribution < 1.29 is 24.5 Å². The highest BCUT2D eigenvalue weighted by Crippen LogP contribution is 2.29. The van der Waals surface area contributed by atoms with E-state index < -0.39 is 5.97 Å². The Kier molecular flexibility index (Phi) is 4.64. The van der Waals surface area contributed by atoms with Crippen LogP contribution in [0.1, 0.15) is 23.2 Å². The molecule has 0 bridgehead atoms. The highest BCUT2D eigenvalue weighted by Gasteiger charge is 2.32. The van der Waals surface area contributed by atoms with Crippen LogP contribution in [0.25, 0.3) is 0 Å². The van der Waals surface area contributed by atoms with E-state index in [1.807, 2.05) is 0 Å². The average molecular weight is 294 g/mol. The van der Waals surface area contributed by atoms with Crippen LogP contribution in [-0.2, 0) is 4.74 Å². The first-order chi connectivity index (χ1) is 10.0. The maximum Gasteiger partial charge on any atom is 0.335 e. The number of nitrogens with one attached hydrogen (secondary N) is 1. The van der Waals surface area contributed by atoms with E-state index in [9.17, 15) is 14.7 Å². The van der Waals surface area contributed by atoms with Gasteiger partial charge < -0.3 is 25.2 Å². The van der Waals surface area contributed by atoms with Crippen LogP contribution >= 0.6 is 0 Å². The number of phenols is 1. The normalized spacial score (nSPS) is 13.8. The van der Waals surface area contributed by atoms with Gasteiger partial charge in [0.2, 0.25) is 0 Å². The summed E-state index contributed by atoms with van der Waals surface area (Å²) < 4.78 is 4.98. The fourth-order valence-corrected chi connectivity index (χ4v) is 1.98. The standard InChI is InChI=1S/C14H18N2O5/c1-21-7-6-16(10-3-4-10)14(20)15-11-5-2-9(13(18)19)8-12(11)17/h2,5,8,10,17H,3-4,6-7H2,1H3,(H,15,20)(H,18,19). The second kappa shape index (κ2) is 6.45. The Hall–Kier alpha value is -2.28. The molecule has 1 saturated carbocycles. The van der Waals surface area contributed by atoms with Crippen molar-refractivity contribution in [2.45, 2.75) is 18.9 Å². The number of phenolic OH excluding ortho intramolecular Hbond substituents is 1. The highest BCUT2D eigenvalue weighted by atomic mass is 16.5. The van der Waals surface area contributed by atoms with Crippen molar-refractivity contribution in [2.75, 3.05) is 25.6 Å². The third-order valence-corrected chi connectivity index (χ3v) is 3.27. The van der Waals surface area contributed by atoms with E-state index in [1.54, 1.807) is 12.0 Å². The third kappa shape index (κ3) is 3.85. The number of rotatable bonds is 6. The van der Waals surface area contributed by atoms with E-state index in [2.05, 4.69) is 5.32 Å². The van der Waals surface area contributed by atoms with Crippen molar-refractivity contribution in [2.24, 2.45) is 0 Å². The van der Waals surface area contributed by atoms with Crippen molar-refractivity contribution in [1.29, 1.82) is 0 Å². The monoisotopic (exact) mass is 294 g/mol. The lowest BCUT2D eigenvalue weighted by molar-refractivity contribution is 0.0696. The van der Waals surface area contributed by atoms with Gasteiger partial charge in [-0.05, 0) is 31.0 Å². The SMILES string of the molecule is COCCN(C(=O)Nc1ccc(C(=O)O)cc1O)C1CC1. The van der Waals surface area contributed by atoms with E-state index >= 15 is 0 Å². The molecule has 1 aromatic carbocycles. The minimum atomic E-state index is -1.14. The Bertz CT molecular complexity index is 542. The predicted molar refractivity (Wildman–Crippen MR) is 75.7 cm³/mol. The maximum absolute atomic E-state index is 12.2. The molecule has 114 valence electrons. The zero-order chi connectivity index (χ0) is 15.4. The Labute approximate surface area is 122 Å². The molecule has 1 fully saturated rings. The number of urea groups is 1. The molecule has 1 aromatic rings. The van der Waals surface area contributed by atoms with Gasteiger partial charge in [-0.3, -0.25) is 0 Å². The van der Waals surface area contributed by atoms with Crippen LogP contribution in [-0.4, -0.2) is 53.4 Å². The molecule has 0 heterocycles. The van der Waals surface area contributed by atoms with Gasteiger partial charge >= 0.3 is 12.0 Å². The summed E-state index contributed by atoms with van der Waals surface area (Å²) in [6, 6.07) is 3.69. The van der Waals surface area contributed by atoms with Crippen LogP contribution in [0.5, 0.6) is 5.75 Å². The number of benzene rings is 1. The number of ether oxygens (including phenoxy) is 1. The first-order valence-corrected chi connectivity index (χ1v) is 6.65. The minimum absolute atomic E-state index is 0.0380. The molecule has 1 aliphatic carbocycles. The minimum Gasteiger partial charge on any atom is -0.506 e. The second-order valence-corrected chi connectivity index (χ2v) is 4.88. The smallest absolute Gasteiger partial charge is 0.335 e. The molecule has 0 atom stereocenters. The number of hydrogen-bond donors (Lipinski definition) is 3. The molecule has 0 aromatic heterocycles. The molecular formula is C14H18N2O5. The molecule has 2 rings (SSSR count). The number of aromatic carboxylic acids is 1. The van der Waals surface area contributed by atoms with Crippen LogP contribution in [0.3, 0.4) is 0 Å². The molecule has 7 nitrogen and oxygen atoms in total. The fraction of sp³-hybridized carbons (Fsp3) is 0.429. The van der Waals surface area contributed by atoms with Gasteiger partial charge in [0.25, 0.3) is 0 Å². The average Bonchev–Trinajstić information content (AvgIpc) is 3.26. The third-order valence-electron chi connectivity index (χ3n) is 3.27. The molecule has 3 N–H and O–H groups in total. The first-order valence-electron chi connectivity index (χ1n) is 6.65. The first kappa shape index (κ1) is 15.1. The number of amides is 2. The van der Waals surface area contributed by atoms with Gasteiger partial charge in [-0.15, -0.1) is 0 Å². The molecule has 0 aliphatic heterocycles. The van der Waals surface area contributed by atoms with Crippen molar-refractivity contribution in [3.63, 3.8) is 0 Å². The molecule has 0 spiro atoms. The summed E-state index contributed by atoms with van der Waals surface area (Å²) in [5.74, 6) is -1.41. The van der Waals surface area contributed by atoms with E-state index in [0.717, 1.165) is 18.9 Å². The lowest BCUT2D eigenvalue weighted by atomic mass is 10.2. The van der Waals surface area contributed by atoms with E-state index in [1.165, 1.54) is 12.1 Å². The van der Waals surface area contributed by atoms with Gasteiger partial charge in [0, 0.05) is 19.7 Å². The number of hydrogen-bond acceptors (Lipinski definition) is 4. The number of carboxylic acid groups (broad SMARTS) is 1. The Morgan fingerprint density at radius 1 is 1.43 bits per heavy atom. The molecule has 2 amide bonds. The van der Waals surface area contributed by atoms with Crippen LogP contribution in [0.4, 0.5) is 10.5 Å². The topological polar surface area (TPSA) is 99.1 Å². The molecule has 0 unspecified atom stereocenters. The summed E-state index contributed by atoms with van der Waals surface area (Å²) in [6.07, 6.45) is 1.92. The van der Waals surface area contributed by atoms with Gasteiger partial charge in [-0.2, -0.15) is 0 Å². The molecule has 7 heteroatoms. The maximum atomic E-state index is 12.2. The summed E-state index contributed by atoms with van der Waals surface area (Å²) in [5.41, 5.74) is 0.150. The van der Waals surface area contributed by atoms with Crippen LogP contribution in [0, 0.1) is 0 Å². The van der Waals surface area contributed by atoms with Crippen molar-refractivity contribution in [3.8, 4) is 5.75 Å². The lowest BCUT2D eigenvalue weighted by Gasteiger charge is -2.22. The van der Waals surface area contributed by atoms with E-state index in [-0.39, 0.29) is 29.1 Å². The summed E-state index contributed by atoms with van der Waals surface area (Å²) in [5, 5.41) is 21.2. The highest BCUT2D eigenvalue weighted by molar-refractivity contribution is 5.93. The van der Waals surface area contributed by atoms with Gasteiger partial charge in [0.05, 0.1) is 17.9 Å². The number of methoxy groups -OCH3 is 1. The Morgan fingerprint density at radius 2 is 2.14 bits per heavy atom. The van der Waals surface area contributed by atoms with Crippen molar-refractivity contribution >= 4 is 17.7 Å². The summed E-state index contributed by atoms with van der Waals surface area (Å²) in [6.45, 7) is 0.912. The van der Waals surface area contributed by atoms with E-state index in [4.69, 9.17) is 9.84 Å². The number of carbonyl (C=O) groups excluding carboxylic acids is 1. The quantitative estimate of drug-likeness (QED) is 0.694. The van der Waals surface area contributed by atoms with Crippen molar-refractivity contribution in [3.05, 3.63) is 23.8 Å². The number of carbonyl (C=O) groups is 2. The lowest BCUT2D eigenvalue weighted by Crippen LogP contribution is -2.39. The van der Waals surface area contributed by atoms with Crippen molar-refractivity contribution in [1.82, 2.24) is 4.90 Å². The Balaban J connectivity index is 2.05. The number of anilines is 1. The summed E-state index contributed by atoms with van der Waals surface area (Å²) in [7, 11) is 1.57. The van der Waals surface area contributed by atoms with E-state index in [0.29, 0.717) is 13.2 Å². The van der Waals surface area contributed by atoms with Gasteiger partial charge in [0.15, 0.2) is 0 Å². The molecule has 0 saturated heterocycles. The van der Waals surface area contributed by atoms with Gasteiger partial charge in [-0.1, -0.05) is 0 Å². The van der Waals surface area contributed by atoms with Crippen LogP contribution in [0.2, 0.25) is 0 Å². The molecule has 0 radical (unpaired) electrons. The van der Waals surface area contributed by atoms with Crippen LogP contribution in [0.15, 0.2) is 18.2 Å². The number of carboxylic acids is 1. The largest absolute Gasteiger partial charge is 0.506 e. The number of nitrogens with zero attached hydrogens (tertiary/aromatic N) is 1. The molecular weight excluding hydrogens is 276 g/mol. The van der Waals surface area contributed by atoms with Gasteiger partial charge in [-0.25, -0.2) is 9.59 Å². The zero-order valence-electron chi connectivity index (χ0n) is 11.7.